The second-order valence-electron chi connectivity index (χ2n) is 3.35. The van der Waals surface area contributed by atoms with Gasteiger partial charge < -0.3 is 20.1 Å². The van der Waals surface area contributed by atoms with Crippen LogP contribution in [-0.2, 0) is 4.74 Å². The van der Waals surface area contributed by atoms with Gasteiger partial charge in [0.25, 0.3) is 0 Å². The summed E-state index contributed by atoms with van der Waals surface area (Å²) in [4.78, 5) is 0. The maximum Gasteiger partial charge on any atom is 0.203 e. The molecule has 0 fully saturated rings. The number of hydrogen-bond donors (Lipinski definition) is 3. The van der Waals surface area contributed by atoms with Crippen LogP contribution in [0.1, 0.15) is 0 Å². The van der Waals surface area contributed by atoms with Crippen molar-refractivity contribution in [2.45, 2.75) is 12.4 Å². The average molecular weight is 184 g/mol. The molecule has 4 atom stereocenters. The Hall–Kier alpha value is -0.840. The minimum absolute atomic E-state index is 0.146. The fourth-order valence-electron chi connectivity index (χ4n) is 1.97. The van der Waals surface area contributed by atoms with Crippen molar-refractivity contribution in [3.05, 3.63) is 24.0 Å². The molecule has 2 rings (SSSR count). The predicted octanol–water partition coefficient (Wildman–Crippen LogP) is -0.626. The highest BCUT2D eigenvalue weighted by atomic mass is 16.6. The van der Waals surface area contributed by atoms with E-state index >= 15 is 0 Å². The second-order valence-corrected chi connectivity index (χ2v) is 3.35. The summed E-state index contributed by atoms with van der Waals surface area (Å²) in [6.45, 7) is -0.146. The lowest BCUT2D eigenvalue weighted by Crippen LogP contribution is -2.34. The number of ether oxygens (including phenoxy) is 1. The number of hydrogen-bond acceptors (Lipinski definition) is 4. The molecule has 1 heterocycles. The van der Waals surface area contributed by atoms with Gasteiger partial charge in [-0.3, -0.25) is 0 Å². The molecule has 72 valence electrons. The van der Waals surface area contributed by atoms with E-state index in [-0.39, 0.29) is 18.4 Å². The highest BCUT2D eigenvalue weighted by Crippen LogP contribution is 2.38. The molecular formula is C9H12O4. The maximum absolute atomic E-state index is 9.54. The Morgan fingerprint density at radius 2 is 2.15 bits per heavy atom. The molecule has 1 aliphatic carbocycles. The van der Waals surface area contributed by atoms with Crippen molar-refractivity contribution in [1.82, 2.24) is 0 Å². The van der Waals surface area contributed by atoms with E-state index in [1.807, 2.05) is 0 Å². The zero-order valence-corrected chi connectivity index (χ0v) is 7.00. The molecule has 0 radical (unpaired) electrons. The van der Waals surface area contributed by atoms with Crippen LogP contribution in [0.15, 0.2) is 24.0 Å². The van der Waals surface area contributed by atoms with Crippen LogP contribution in [0.5, 0.6) is 0 Å². The van der Waals surface area contributed by atoms with E-state index in [1.54, 1.807) is 12.2 Å². The lowest BCUT2D eigenvalue weighted by atomic mass is 9.88. The lowest BCUT2D eigenvalue weighted by molar-refractivity contribution is -0.108. The van der Waals surface area contributed by atoms with Crippen LogP contribution in [0.25, 0.3) is 0 Å². The van der Waals surface area contributed by atoms with Gasteiger partial charge in [-0.1, -0.05) is 6.08 Å². The first-order chi connectivity index (χ1) is 6.24. The van der Waals surface area contributed by atoms with Gasteiger partial charge in [0, 0.05) is 5.92 Å². The first-order valence-corrected chi connectivity index (χ1v) is 4.23. The van der Waals surface area contributed by atoms with Gasteiger partial charge in [-0.25, -0.2) is 0 Å². The van der Waals surface area contributed by atoms with Crippen molar-refractivity contribution in [3.8, 4) is 0 Å². The van der Waals surface area contributed by atoms with Gasteiger partial charge in [-0.05, 0) is 11.6 Å². The smallest absolute Gasteiger partial charge is 0.203 e. The molecule has 2 aliphatic rings. The molecule has 0 saturated carbocycles. The summed E-state index contributed by atoms with van der Waals surface area (Å²) < 4.78 is 4.88. The molecule has 0 amide bonds. The number of rotatable bonds is 1. The van der Waals surface area contributed by atoms with Gasteiger partial charge in [-0.15, -0.1) is 0 Å². The third-order valence-corrected chi connectivity index (χ3v) is 2.63. The number of aliphatic hydroxyl groups is 3. The van der Waals surface area contributed by atoms with E-state index in [4.69, 9.17) is 9.84 Å². The van der Waals surface area contributed by atoms with Crippen LogP contribution in [0.4, 0.5) is 0 Å². The molecule has 0 aromatic heterocycles. The third kappa shape index (κ3) is 1.27. The molecule has 0 bridgehead atoms. The molecule has 0 aromatic rings. The molecule has 0 saturated heterocycles. The molecule has 0 aromatic carbocycles. The average Bonchev–Trinajstić information content (AvgIpc) is 2.45. The Morgan fingerprint density at radius 1 is 1.38 bits per heavy atom. The highest BCUT2D eigenvalue weighted by molar-refractivity contribution is 5.25. The summed E-state index contributed by atoms with van der Waals surface area (Å²) in [5.41, 5.74) is 0.648. The summed E-state index contributed by atoms with van der Waals surface area (Å²) in [5.74, 6) is -0.462. The van der Waals surface area contributed by atoms with Gasteiger partial charge >= 0.3 is 0 Å². The van der Waals surface area contributed by atoms with Gasteiger partial charge in [0.1, 0.15) is 0 Å². The molecule has 3 N–H and O–H groups in total. The van der Waals surface area contributed by atoms with Gasteiger partial charge in [0.15, 0.2) is 0 Å². The fourth-order valence-corrected chi connectivity index (χ4v) is 1.97. The van der Waals surface area contributed by atoms with Crippen LogP contribution in [-0.4, -0.2) is 34.3 Å². The van der Waals surface area contributed by atoms with Crippen LogP contribution >= 0.6 is 0 Å². The van der Waals surface area contributed by atoms with E-state index in [9.17, 15) is 10.2 Å². The van der Waals surface area contributed by atoms with Crippen molar-refractivity contribution in [2.24, 2.45) is 11.8 Å². The quantitative estimate of drug-likeness (QED) is 0.475. The SMILES string of the molecule is OCC1=C[C@H](O)[C@@H]2C=CO[C@H](O)[C@@H]12. The number of aliphatic hydroxyl groups excluding tert-OH is 3. The molecule has 13 heavy (non-hydrogen) atoms. The summed E-state index contributed by atoms with van der Waals surface area (Å²) >= 11 is 0. The molecule has 4 heteroatoms. The van der Waals surface area contributed by atoms with Gasteiger partial charge in [-0.2, -0.15) is 0 Å². The highest BCUT2D eigenvalue weighted by Gasteiger charge is 2.41. The predicted molar refractivity (Wildman–Crippen MR) is 44.4 cm³/mol. The van der Waals surface area contributed by atoms with E-state index in [0.717, 1.165) is 0 Å². The molecule has 1 aliphatic heterocycles. The first kappa shape index (κ1) is 8.74. The standard InChI is InChI=1S/C9H12O4/c10-4-5-3-7(11)6-1-2-13-9(12)8(5)6/h1-3,6-12H,4H2/t6-,7-,8-,9-/m0/s1. The minimum atomic E-state index is -0.953. The van der Waals surface area contributed by atoms with Crippen LogP contribution in [0, 0.1) is 11.8 Å². The van der Waals surface area contributed by atoms with Crippen LogP contribution < -0.4 is 0 Å². The Labute approximate surface area is 75.8 Å². The normalized spacial score (nSPS) is 42.5. The largest absolute Gasteiger partial charge is 0.472 e. The van der Waals surface area contributed by atoms with Gasteiger partial charge in [0.2, 0.25) is 6.29 Å². The van der Waals surface area contributed by atoms with Crippen molar-refractivity contribution in [1.29, 1.82) is 0 Å². The zero-order valence-electron chi connectivity index (χ0n) is 7.00. The summed E-state index contributed by atoms with van der Waals surface area (Å²) in [6.07, 6.45) is 3.11. The summed E-state index contributed by atoms with van der Waals surface area (Å²) in [7, 11) is 0. The Balaban J connectivity index is 2.27. The monoisotopic (exact) mass is 184 g/mol. The van der Waals surface area contributed by atoms with Crippen molar-refractivity contribution < 1.29 is 20.1 Å². The zero-order chi connectivity index (χ0) is 9.42. The lowest BCUT2D eigenvalue weighted by Gasteiger charge is -2.29. The summed E-state index contributed by atoms with van der Waals surface area (Å²) in [5, 5.41) is 28.0. The Morgan fingerprint density at radius 3 is 2.85 bits per heavy atom. The van der Waals surface area contributed by atoms with Crippen molar-refractivity contribution in [2.75, 3.05) is 6.61 Å². The van der Waals surface area contributed by atoms with Crippen LogP contribution in [0.2, 0.25) is 0 Å². The minimum Gasteiger partial charge on any atom is -0.472 e. The van der Waals surface area contributed by atoms with E-state index < -0.39 is 12.4 Å². The Kier molecular flexibility index (Phi) is 2.11. The topological polar surface area (TPSA) is 69.9 Å². The second kappa shape index (κ2) is 3.14. The summed E-state index contributed by atoms with van der Waals surface area (Å²) in [6, 6.07) is 0. The van der Waals surface area contributed by atoms with E-state index in [2.05, 4.69) is 0 Å². The Bertz CT molecular complexity index is 258. The maximum atomic E-state index is 9.54. The molecular weight excluding hydrogens is 172 g/mol. The molecule has 0 spiro atoms. The van der Waals surface area contributed by atoms with Crippen molar-refractivity contribution >= 4 is 0 Å². The third-order valence-electron chi connectivity index (χ3n) is 2.63. The van der Waals surface area contributed by atoms with E-state index in [0.29, 0.717) is 5.57 Å². The molecule has 0 unspecified atom stereocenters. The molecule has 4 nitrogen and oxygen atoms in total. The number of fused-ring (bicyclic) bond motifs is 1. The van der Waals surface area contributed by atoms with Gasteiger partial charge in [0.05, 0.1) is 24.9 Å². The van der Waals surface area contributed by atoms with Crippen molar-refractivity contribution in [3.63, 3.8) is 0 Å². The first-order valence-electron chi connectivity index (χ1n) is 4.23. The van der Waals surface area contributed by atoms with Crippen LogP contribution in [0.3, 0.4) is 0 Å². The fraction of sp³-hybridized carbons (Fsp3) is 0.556. The van der Waals surface area contributed by atoms with E-state index in [1.165, 1.54) is 6.26 Å².